The fourth-order valence-electron chi connectivity index (χ4n) is 7.17. The summed E-state index contributed by atoms with van der Waals surface area (Å²) in [5.74, 6) is -4.47. The zero-order valence-electron chi connectivity index (χ0n) is 37.1. The van der Waals surface area contributed by atoms with E-state index < -0.39 is 71.7 Å². The van der Waals surface area contributed by atoms with E-state index in [4.69, 9.17) is 28.7 Å². The number of aliphatic imine (C=N–C) groups is 2. The van der Waals surface area contributed by atoms with Gasteiger partial charge in [0.25, 0.3) is 0 Å². The second-order valence-corrected chi connectivity index (χ2v) is 16.3. The van der Waals surface area contributed by atoms with Crippen LogP contribution in [0.15, 0.2) is 70.6 Å². The van der Waals surface area contributed by atoms with Crippen LogP contribution in [0.1, 0.15) is 83.3 Å². The van der Waals surface area contributed by atoms with Crippen molar-refractivity contribution in [2.75, 3.05) is 19.6 Å². The van der Waals surface area contributed by atoms with E-state index in [0.717, 1.165) is 11.1 Å². The van der Waals surface area contributed by atoms with E-state index in [1.54, 1.807) is 24.3 Å². The minimum atomic E-state index is -1.19. The van der Waals surface area contributed by atoms with E-state index in [9.17, 15) is 33.6 Å². The number of likely N-dealkylation sites (tertiary alicyclic amines) is 1. The molecule has 1 heterocycles. The number of aryl methyl sites for hydroxylation is 1. The average molecular weight is 890 g/mol. The summed E-state index contributed by atoms with van der Waals surface area (Å²) in [5, 5.41) is 13.8. The minimum absolute atomic E-state index is 0.0115. The van der Waals surface area contributed by atoms with Crippen molar-refractivity contribution in [3.8, 4) is 0 Å². The third-order valence-electron chi connectivity index (χ3n) is 10.5. The van der Waals surface area contributed by atoms with Gasteiger partial charge in [-0.15, -0.1) is 0 Å². The summed E-state index contributed by atoms with van der Waals surface area (Å²) < 4.78 is 0. The number of rotatable bonds is 26. The third-order valence-corrected chi connectivity index (χ3v) is 10.5. The molecule has 1 aliphatic heterocycles. The summed E-state index contributed by atoms with van der Waals surface area (Å²) in [5.41, 5.74) is 29.0. The lowest BCUT2D eigenvalue weighted by Crippen LogP contribution is -2.59. The zero-order valence-corrected chi connectivity index (χ0v) is 37.1. The van der Waals surface area contributed by atoms with Gasteiger partial charge in [-0.05, 0) is 75.3 Å². The van der Waals surface area contributed by atoms with Crippen molar-refractivity contribution in [3.63, 3.8) is 0 Å². The fourth-order valence-corrected chi connectivity index (χ4v) is 7.17. The molecule has 7 amide bonds. The normalized spacial score (nSPS) is 15.6. The Morgan fingerprint density at radius 2 is 1.19 bits per heavy atom. The van der Waals surface area contributed by atoms with Crippen LogP contribution < -0.4 is 55.3 Å². The molecule has 350 valence electrons. The van der Waals surface area contributed by atoms with Crippen LogP contribution in [0.4, 0.5) is 0 Å². The number of primary amides is 1. The summed E-state index contributed by atoms with van der Waals surface area (Å²) in [4.78, 5) is 104. The molecule has 0 aromatic heterocycles. The van der Waals surface area contributed by atoms with Crippen molar-refractivity contribution in [1.82, 2.24) is 31.5 Å². The molecular formula is C44H67N13O7. The molecule has 15 N–H and O–H groups in total. The van der Waals surface area contributed by atoms with Crippen LogP contribution in [0.2, 0.25) is 0 Å². The predicted molar refractivity (Wildman–Crippen MR) is 243 cm³/mol. The SMILES string of the molecule is CC(C)C[C@H](NC(=O)CCc1ccccc1)C(=O)N[C@@H](Cc1ccccc1)C(=O)N[C@@H](CCCN=C(N)N)C(=O)N1CCC[C@H]1C(=O)N[C@@H](CCCN=C(N)N)C(=O)N[C@@H](C)C(N)=O. The van der Waals surface area contributed by atoms with Crippen molar-refractivity contribution < 1.29 is 33.6 Å². The van der Waals surface area contributed by atoms with Crippen molar-refractivity contribution in [2.24, 2.45) is 44.6 Å². The number of nitrogens with zero attached hydrogens (tertiary/aromatic N) is 3. The Morgan fingerprint density at radius 3 is 1.75 bits per heavy atom. The summed E-state index contributed by atoms with van der Waals surface area (Å²) in [6.07, 6.45) is 2.39. The van der Waals surface area contributed by atoms with E-state index in [2.05, 4.69) is 36.6 Å². The van der Waals surface area contributed by atoms with Crippen molar-refractivity contribution in [2.45, 2.75) is 121 Å². The maximum Gasteiger partial charge on any atom is 0.245 e. The Morgan fingerprint density at radius 1 is 0.656 bits per heavy atom. The van der Waals surface area contributed by atoms with Crippen LogP contribution in [0.3, 0.4) is 0 Å². The lowest BCUT2D eigenvalue weighted by atomic mass is 10.00. The Labute approximate surface area is 374 Å². The molecule has 2 aromatic carbocycles. The maximum atomic E-state index is 14.5. The average Bonchev–Trinajstić information content (AvgIpc) is 3.75. The molecule has 3 rings (SSSR count). The third kappa shape index (κ3) is 18.3. The summed E-state index contributed by atoms with van der Waals surface area (Å²) in [7, 11) is 0. The quantitative estimate of drug-likeness (QED) is 0.0308. The number of carbonyl (C=O) groups excluding carboxylic acids is 7. The summed E-state index contributed by atoms with van der Waals surface area (Å²) >= 11 is 0. The Balaban J connectivity index is 1.87. The molecule has 0 aliphatic carbocycles. The number of hydrogen-bond acceptors (Lipinski definition) is 9. The van der Waals surface area contributed by atoms with E-state index >= 15 is 0 Å². The number of benzene rings is 2. The van der Waals surface area contributed by atoms with Crippen LogP contribution in [-0.4, -0.2) is 114 Å². The molecular weight excluding hydrogens is 823 g/mol. The predicted octanol–water partition coefficient (Wildman–Crippen LogP) is -1.06. The number of hydrogen-bond donors (Lipinski definition) is 10. The van der Waals surface area contributed by atoms with Crippen molar-refractivity contribution in [1.29, 1.82) is 0 Å². The molecule has 1 fully saturated rings. The second-order valence-electron chi connectivity index (χ2n) is 16.3. The van der Waals surface area contributed by atoms with Gasteiger partial charge in [0.1, 0.15) is 36.3 Å². The highest BCUT2D eigenvalue weighted by molar-refractivity contribution is 5.97. The monoisotopic (exact) mass is 890 g/mol. The lowest BCUT2D eigenvalue weighted by molar-refractivity contribution is -0.142. The van der Waals surface area contributed by atoms with Crippen molar-refractivity contribution >= 4 is 53.3 Å². The van der Waals surface area contributed by atoms with Gasteiger partial charge in [0.2, 0.25) is 41.4 Å². The summed E-state index contributed by atoms with van der Waals surface area (Å²) in [6.45, 7) is 5.71. The van der Waals surface area contributed by atoms with Gasteiger partial charge < -0.3 is 60.2 Å². The first-order valence-corrected chi connectivity index (χ1v) is 21.7. The van der Waals surface area contributed by atoms with Gasteiger partial charge in [0.05, 0.1) is 0 Å². The molecule has 0 unspecified atom stereocenters. The number of carbonyl (C=O) groups is 7. The highest BCUT2D eigenvalue weighted by Gasteiger charge is 2.40. The van der Waals surface area contributed by atoms with Crippen LogP contribution in [0.25, 0.3) is 0 Å². The number of nitrogens with one attached hydrogen (secondary N) is 5. The molecule has 6 atom stereocenters. The topological polar surface area (TPSA) is 338 Å². The van der Waals surface area contributed by atoms with Gasteiger partial charge in [0, 0.05) is 32.5 Å². The molecule has 0 saturated carbocycles. The summed E-state index contributed by atoms with van der Waals surface area (Å²) in [6, 6.07) is 12.0. The van der Waals surface area contributed by atoms with E-state index in [1.807, 2.05) is 50.2 Å². The zero-order chi connectivity index (χ0) is 47.2. The second kappa shape index (κ2) is 26.7. The van der Waals surface area contributed by atoms with Gasteiger partial charge in [-0.3, -0.25) is 43.5 Å². The number of amides is 7. The largest absolute Gasteiger partial charge is 0.370 e. The Bertz CT molecular complexity index is 1920. The van der Waals surface area contributed by atoms with Crippen molar-refractivity contribution in [3.05, 3.63) is 71.8 Å². The van der Waals surface area contributed by atoms with Crippen LogP contribution in [0, 0.1) is 5.92 Å². The van der Waals surface area contributed by atoms with Gasteiger partial charge in [-0.25, -0.2) is 0 Å². The van der Waals surface area contributed by atoms with Gasteiger partial charge >= 0.3 is 0 Å². The van der Waals surface area contributed by atoms with E-state index in [-0.39, 0.29) is 88.3 Å². The molecule has 0 radical (unpaired) electrons. The number of nitrogens with two attached hydrogens (primary N) is 5. The molecule has 20 nitrogen and oxygen atoms in total. The molecule has 0 bridgehead atoms. The van der Waals surface area contributed by atoms with E-state index in [0.29, 0.717) is 19.3 Å². The lowest BCUT2D eigenvalue weighted by Gasteiger charge is -2.31. The van der Waals surface area contributed by atoms with Crippen LogP contribution in [0.5, 0.6) is 0 Å². The molecule has 64 heavy (non-hydrogen) atoms. The first kappa shape index (κ1) is 51.6. The van der Waals surface area contributed by atoms with Crippen LogP contribution >= 0.6 is 0 Å². The van der Waals surface area contributed by atoms with Gasteiger partial charge in [0.15, 0.2) is 11.9 Å². The first-order valence-electron chi connectivity index (χ1n) is 21.7. The fraction of sp³-hybridized carbons (Fsp3) is 0.523. The Hall–Kier alpha value is -6.73. The molecule has 0 spiro atoms. The first-order chi connectivity index (χ1) is 30.4. The van der Waals surface area contributed by atoms with Gasteiger partial charge in [-0.1, -0.05) is 74.5 Å². The molecule has 1 saturated heterocycles. The maximum absolute atomic E-state index is 14.5. The smallest absolute Gasteiger partial charge is 0.245 e. The minimum Gasteiger partial charge on any atom is -0.370 e. The molecule has 2 aromatic rings. The Kier molecular flexibility index (Phi) is 21.5. The highest BCUT2D eigenvalue weighted by Crippen LogP contribution is 2.21. The molecule has 20 heteroatoms. The number of guanidine groups is 2. The molecule has 1 aliphatic rings. The van der Waals surface area contributed by atoms with E-state index in [1.165, 1.54) is 11.8 Å². The van der Waals surface area contributed by atoms with Gasteiger partial charge in [-0.2, -0.15) is 0 Å². The van der Waals surface area contributed by atoms with Crippen LogP contribution in [-0.2, 0) is 46.4 Å². The highest BCUT2D eigenvalue weighted by atomic mass is 16.2. The standard InChI is InChI=1S/C44H67N13O7/c1-27(2)25-33(53-36(58)21-20-29-13-6-4-7-14-29)39(61)56-34(26-30-15-8-5-9-16-30)40(62)55-32(18-11-23-51-44(48)49)42(64)57-24-12-19-35(57)41(63)54-31(17-10-22-50-43(46)47)38(60)52-28(3)37(45)59/h4-9,13-16,27-28,31-35H,10-12,17-26H2,1-3H3,(H2,45,59)(H,52,60)(H,53,58)(H,54,63)(H,55,62)(H,56,61)(H4,46,47,50)(H4,48,49,51)/t28-,31-,32-,33-,34-,35-/m0/s1.